The summed E-state index contributed by atoms with van der Waals surface area (Å²) < 4.78 is 7.57. The molecule has 7 heteroatoms. The van der Waals surface area contributed by atoms with E-state index < -0.39 is 0 Å². The number of rotatable bonds is 5. The molecule has 0 aliphatic carbocycles. The minimum Gasteiger partial charge on any atom is -0.462 e. The third-order valence-electron chi connectivity index (χ3n) is 7.96. The average Bonchev–Trinajstić information content (AvgIpc) is 3.59. The lowest BCUT2D eigenvalue weighted by Crippen LogP contribution is -2.51. The number of likely N-dealkylation sites (N-methyl/N-ethyl adjacent to an activating group) is 1. The maximum absolute atomic E-state index is 6.26. The molecule has 35 heavy (non-hydrogen) atoms. The number of benzene rings is 2. The number of nitrogens with zero attached hydrogens (tertiary/aromatic N) is 4. The van der Waals surface area contributed by atoms with E-state index in [1.165, 1.54) is 46.2 Å². The molecule has 0 spiro atoms. The topological polar surface area (TPSA) is 53.5 Å². The van der Waals surface area contributed by atoms with Crippen molar-refractivity contribution in [2.45, 2.75) is 43.8 Å². The van der Waals surface area contributed by atoms with Gasteiger partial charge in [0.15, 0.2) is 0 Å². The largest absolute Gasteiger partial charge is 0.462 e. The van der Waals surface area contributed by atoms with Crippen LogP contribution in [0.5, 0.6) is 6.01 Å². The smallest absolute Gasteiger partial charge is 0.319 e. The molecular formula is C28H31N5OS. The fraction of sp³-hybridized carbons (Fsp3) is 0.429. The number of piperazine rings is 1. The van der Waals surface area contributed by atoms with E-state index in [9.17, 15) is 0 Å². The van der Waals surface area contributed by atoms with Crippen molar-refractivity contribution >= 4 is 38.1 Å². The summed E-state index contributed by atoms with van der Waals surface area (Å²) in [5.41, 5.74) is 2.16. The second kappa shape index (κ2) is 8.73. The highest BCUT2D eigenvalue weighted by atomic mass is 32.1. The Bertz CT molecular complexity index is 1340. The van der Waals surface area contributed by atoms with Crippen molar-refractivity contribution < 1.29 is 4.74 Å². The van der Waals surface area contributed by atoms with Gasteiger partial charge >= 0.3 is 6.01 Å². The highest BCUT2D eigenvalue weighted by Gasteiger charge is 2.33. The summed E-state index contributed by atoms with van der Waals surface area (Å²) in [5.74, 6) is 1.02. The van der Waals surface area contributed by atoms with E-state index in [0.29, 0.717) is 30.7 Å². The molecule has 2 aromatic carbocycles. The zero-order valence-corrected chi connectivity index (χ0v) is 20.9. The van der Waals surface area contributed by atoms with Crippen molar-refractivity contribution in [2.24, 2.45) is 0 Å². The van der Waals surface area contributed by atoms with Gasteiger partial charge in [0, 0.05) is 46.2 Å². The van der Waals surface area contributed by atoms with Crippen LogP contribution in [0, 0.1) is 0 Å². The monoisotopic (exact) mass is 485 g/mol. The summed E-state index contributed by atoms with van der Waals surface area (Å²) >= 11 is 1.83. The molecule has 3 aliphatic rings. The van der Waals surface area contributed by atoms with Crippen LogP contribution in [0.3, 0.4) is 0 Å². The Morgan fingerprint density at radius 3 is 2.69 bits per heavy atom. The molecule has 3 fully saturated rings. The van der Waals surface area contributed by atoms with Gasteiger partial charge in [-0.25, -0.2) is 0 Å². The van der Waals surface area contributed by atoms with Crippen molar-refractivity contribution in [3.63, 3.8) is 0 Å². The Balaban J connectivity index is 1.28. The van der Waals surface area contributed by atoms with Crippen LogP contribution in [0.2, 0.25) is 0 Å². The van der Waals surface area contributed by atoms with Crippen molar-refractivity contribution in [3.05, 3.63) is 48.5 Å². The Labute approximate surface area is 209 Å². The van der Waals surface area contributed by atoms with Gasteiger partial charge in [0.1, 0.15) is 12.4 Å². The first kappa shape index (κ1) is 21.5. The van der Waals surface area contributed by atoms with Crippen LogP contribution in [0.1, 0.15) is 25.7 Å². The highest BCUT2D eigenvalue weighted by Crippen LogP contribution is 2.37. The predicted octanol–water partition coefficient (Wildman–Crippen LogP) is 4.93. The van der Waals surface area contributed by atoms with Crippen LogP contribution >= 0.6 is 11.3 Å². The van der Waals surface area contributed by atoms with E-state index in [1.54, 1.807) is 0 Å². The number of aromatic nitrogens is 2. The molecule has 6 nitrogen and oxygen atoms in total. The Morgan fingerprint density at radius 2 is 1.89 bits per heavy atom. The van der Waals surface area contributed by atoms with Gasteiger partial charge in [0.2, 0.25) is 0 Å². The number of likely N-dealkylation sites (tertiary alicyclic amines) is 1. The minimum atomic E-state index is 0.442. The van der Waals surface area contributed by atoms with Gasteiger partial charge in [-0.15, -0.1) is 11.3 Å². The lowest BCUT2D eigenvalue weighted by atomic mass is 10.1. The summed E-state index contributed by atoms with van der Waals surface area (Å²) in [6.07, 6.45) is 4.90. The molecule has 0 amide bonds. The van der Waals surface area contributed by atoms with Gasteiger partial charge in [0.05, 0.1) is 5.52 Å². The van der Waals surface area contributed by atoms with Crippen LogP contribution in [-0.4, -0.2) is 66.3 Å². The molecule has 3 saturated heterocycles. The van der Waals surface area contributed by atoms with E-state index >= 15 is 0 Å². The number of nitrogens with one attached hydrogen (secondary N) is 1. The minimum absolute atomic E-state index is 0.442. The molecule has 4 aromatic rings. The number of ether oxygens (including phenoxy) is 1. The summed E-state index contributed by atoms with van der Waals surface area (Å²) in [5, 5.41) is 6.14. The van der Waals surface area contributed by atoms with Crippen molar-refractivity contribution in [1.82, 2.24) is 20.2 Å². The van der Waals surface area contributed by atoms with Crippen LogP contribution in [0.15, 0.2) is 48.5 Å². The lowest BCUT2D eigenvalue weighted by molar-refractivity contribution is 0.188. The first-order chi connectivity index (χ1) is 17.2. The molecule has 180 valence electrons. The van der Waals surface area contributed by atoms with E-state index in [1.807, 2.05) is 11.3 Å². The van der Waals surface area contributed by atoms with E-state index in [2.05, 4.69) is 70.7 Å². The van der Waals surface area contributed by atoms with Gasteiger partial charge in [-0.05, 0) is 74.5 Å². The lowest BCUT2D eigenvalue weighted by Gasteiger charge is -2.34. The van der Waals surface area contributed by atoms with Crippen molar-refractivity contribution in [2.75, 3.05) is 38.2 Å². The molecule has 3 aliphatic heterocycles. The van der Waals surface area contributed by atoms with E-state index in [0.717, 1.165) is 36.4 Å². The maximum atomic E-state index is 6.26. The first-order valence-electron chi connectivity index (χ1n) is 12.8. The maximum Gasteiger partial charge on any atom is 0.319 e. The van der Waals surface area contributed by atoms with Gasteiger partial charge in [-0.3, -0.25) is 0 Å². The molecule has 5 heterocycles. The van der Waals surface area contributed by atoms with Crippen molar-refractivity contribution in [1.29, 1.82) is 0 Å². The van der Waals surface area contributed by atoms with E-state index in [4.69, 9.17) is 14.7 Å². The molecule has 0 radical (unpaired) electrons. The summed E-state index contributed by atoms with van der Waals surface area (Å²) in [6.45, 7) is 3.77. The zero-order valence-electron chi connectivity index (χ0n) is 20.1. The third kappa shape index (κ3) is 4.05. The molecule has 2 bridgehead atoms. The van der Waals surface area contributed by atoms with Crippen molar-refractivity contribution in [3.8, 4) is 16.5 Å². The number of fused-ring (bicyclic) bond motifs is 4. The molecule has 1 N–H and O–H groups in total. The summed E-state index contributed by atoms with van der Waals surface area (Å²) in [6, 6.07) is 19.6. The van der Waals surface area contributed by atoms with Gasteiger partial charge in [-0.1, -0.05) is 24.3 Å². The third-order valence-corrected chi connectivity index (χ3v) is 9.12. The van der Waals surface area contributed by atoms with Gasteiger partial charge in [-0.2, -0.15) is 9.97 Å². The fourth-order valence-electron chi connectivity index (χ4n) is 6.01. The number of hydrogen-bond acceptors (Lipinski definition) is 7. The number of thiophene rings is 1. The molecule has 3 atom stereocenters. The van der Waals surface area contributed by atoms with Crippen LogP contribution < -0.4 is 15.0 Å². The Kier molecular flexibility index (Phi) is 5.37. The second-order valence-electron chi connectivity index (χ2n) is 10.3. The molecule has 0 saturated carbocycles. The molecule has 7 rings (SSSR count). The standard InChI is InChI=1S/C28H31N5OS/c1-32-12-4-6-22(32)17-34-28-30-24-13-19(26-14-18-5-2-3-7-25(18)35-26)8-11-23(24)27(31-28)33-15-20-9-10-21(16-33)29-20/h2-3,5,7-8,11,13-14,20-22,29H,4,6,9-10,12,15-17H2,1H3/t20?,21?,22-/m0/s1. The predicted molar refractivity (Wildman–Crippen MR) is 144 cm³/mol. The van der Waals surface area contributed by atoms with Crippen LogP contribution in [0.25, 0.3) is 31.4 Å². The summed E-state index contributed by atoms with van der Waals surface area (Å²) in [7, 11) is 2.18. The van der Waals surface area contributed by atoms with Gasteiger partial charge in [0.25, 0.3) is 0 Å². The second-order valence-corrected chi connectivity index (χ2v) is 11.4. The normalized spacial score (nSPS) is 24.6. The van der Waals surface area contributed by atoms with E-state index in [-0.39, 0.29) is 0 Å². The zero-order chi connectivity index (χ0) is 23.4. The SMILES string of the molecule is CN1CCC[C@H]1COc1nc(N2CC3CCC(C2)N3)c2ccc(-c3cc4ccccc4s3)cc2n1. The Hall–Kier alpha value is -2.74. The quantitative estimate of drug-likeness (QED) is 0.433. The average molecular weight is 486 g/mol. The highest BCUT2D eigenvalue weighted by molar-refractivity contribution is 7.22. The molecular weight excluding hydrogens is 454 g/mol. The Morgan fingerprint density at radius 1 is 1.03 bits per heavy atom. The van der Waals surface area contributed by atoms with Crippen LogP contribution in [0.4, 0.5) is 5.82 Å². The molecule has 2 unspecified atom stereocenters. The molecule has 2 aromatic heterocycles. The number of hydrogen-bond donors (Lipinski definition) is 1. The van der Waals surface area contributed by atoms with Crippen LogP contribution in [-0.2, 0) is 0 Å². The number of anilines is 1. The first-order valence-corrected chi connectivity index (χ1v) is 13.7. The fourth-order valence-corrected chi connectivity index (χ4v) is 7.06. The summed E-state index contributed by atoms with van der Waals surface area (Å²) in [4.78, 5) is 16.0. The van der Waals surface area contributed by atoms with Gasteiger partial charge < -0.3 is 19.9 Å².